The summed E-state index contributed by atoms with van der Waals surface area (Å²) in [6.07, 6.45) is 0. The topological polar surface area (TPSA) is 86.5 Å². The third-order valence-corrected chi connectivity index (χ3v) is 4.32. The van der Waals surface area contributed by atoms with Crippen LogP contribution >= 0.6 is 22.3 Å². The van der Waals surface area contributed by atoms with Gasteiger partial charge in [0.1, 0.15) is 15.7 Å². The lowest BCUT2D eigenvalue weighted by molar-refractivity contribution is -0.385. The molecule has 0 heterocycles. The van der Waals surface area contributed by atoms with Crippen LogP contribution in [0.15, 0.2) is 47.4 Å². The molecule has 0 saturated carbocycles. The molecule has 9 heteroatoms. The van der Waals surface area contributed by atoms with Crippen molar-refractivity contribution in [2.24, 2.45) is 0 Å². The summed E-state index contributed by atoms with van der Waals surface area (Å²) in [6, 6.07) is 10.5. The first kappa shape index (κ1) is 15.6. The molecule has 0 N–H and O–H groups in total. The highest BCUT2D eigenvalue weighted by atomic mass is 35.7. The van der Waals surface area contributed by atoms with Gasteiger partial charge in [0.25, 0.3) is 9.05 Å². The molecule has 2 aromatic rings. The van der Waals surface area contributed by atoms with Crippen molar-refractivity contribution in [3.05, 3.63) is 57.6 Å². The van der Waals surface area contributed by atoms with Gasteiger partial charge in [-0.3, -0.25) is 10.1 Å². The maximum atomic E-state index is 11.3. The lowest BCUT2D eigenvalue weighted by Gasteiger charge is -2.08. The Kier molecular flexibility index (Phi) is 4.36. The number of ether oxygens (including phenoxy) is 1. The van der Waals surface area contributed by atoms with Gasteiger partial charge < -0.3 is 4.74 Å². The quantitative estimate of drug-likeness (QED) is 0.474. The number of nitrogens with zero attached hydrogens (tertiary/aromatic N) is 1. The van der Waals surface area contributed by atoms with Crippen LogP contribution in [0, 0.1) is 10.1 Å². The molecular weight excluding hydrogens is 341 g/mol. The normalized spacial score (nSPS) is 11.1. The molecule has 0 unspecified atom stereocenters. The molecule has 0 bridgehead atoms. The van der Waals surface area contributed by atoms with Crippen LogP contribution in [-0.2, 0) is 9.05 Å². The molecule has 110 valence electrons. The third-order valence-electron chi connectivity index (χ3n) is 2.46. The Bertz CT molecular complexity index is 793. The van der Waals surface area contributed by atoms with E-state index >= 15 is 0 Å². The van der Waals surface area contributed by atoms with E-state index < -0.39 is 29.6 Å². The second-order valence-electron chi connectivity index (χ2n) is 3.83. The standard InChI is InChI=1S/C12H7Cl2NO5S/c13-11-10(21(14,18)19)7-6-9(12(11)15(16)17)20-8-4-2-1-3-5-8/h1-7H. The van der Waals surface area contributed by atoms with Gasteiger partial charge in [-0.15, -0.1) is 0 Å². The summed E-state index contributed by atoms with van der Waals surface area (Å²) < 4.78 is 28.0. The molecule has 6 nitrogen and oxygen atoms in total. The minimum absolute atomic E-state index is 0.180. The minimum Gasteiger partial charge on any atom is -0.450 e. The number of benzene rings is 2. The zero-order valence-corrected chi connectivity index (χ0v) is 12.5. The van der Waals surface area contributed by atoms with Crippen LogP contribution in [0.2, 0.25) is 5.02 Å². The number of hydrogen-bond donors (Lipinski definition) is 0. The van der Waals surface area contributed by atoms with E-state index in [0.29, 0.717) is 5.75 Å². The number of hydrogen-bond acceptors (Lipinski definition) is 5. The number of para-hydroxylation sites is 1. The third kappa shape index (κ3) is 3.44. The smallest absolute Gasteiger partial charge is 0.331 e. The Morgan fingerprint density at radius 1 is 1.10 bits per heavy atom. The van der Waals surface area contributed by atoms with Crippen LogP contribution in [0.25, 0.3) is 0 Å². The highest BCUT2D eigenvalue weighted by Crippen LogP contribution is 2.41. The van der Waals surface area contributed by atoms with Gasteiger partial charge in [-0.1, -0.05) is 29.8 Å². The molecule has 0 saturated heterocycles. The average Bonchev–Trinajstić information content (AvgIpc) is 2.38. The zero-order valence-electron chi connectivity index (χ0n) is 10.2. The zero-order chi connectivity index (χ0) is 15.6. The number of nitro benzene ring substituents is 1. The highest BCUT2D eigenvalue weighted by molar-refractivity contribution is 8.13. The van der Waals surface area contributed by atoms with Gasteiger partial charge in [0.05, 0.1) is 4.92 Å². The van der Waals surface area contributed by atoms with Gasteiger partial charge in [-0.2, -0.15) is 0 Å². The first-order valence-electron chi connectivity index (χ1n) is 5.45. The molecule has 0 fully saturated rings. The molecule has 0 atom stereocenters. The largest absolute Gasteiger partial charge is 0.450 e. The Morgan fingerprint density at radius 2 is 1.71 bits per heavy atom. The van der Waals surface area contributed by atoms with Crippen molar-refractivity contribution >= 4 is 37.0 Å². The molecule has 2 rings (SSSR count). The predicted molar refractivity (Wildman–Crippen MR) is 77.7 cm³/mol. The predicted octanol–water partition coefficient (Wildman–Crippen LogP) is 3.97. The monoisotopic (exact) mass is 347 g/mol. The molecule has 21 heavy (non-hydrogen) atoms. The fourth-order valence-corrected chi connectivity index (χ4v) is 3.16. The molecule has 2 aromatic carbocycles. The van der Waals surface area contributed by atoms with Crippen LogP contribution in [0.4, 0.5) is 5.69 Å². The van der Waals surface area contributed by atoms with Gasteiger partial charge in [0.2, 0.25) is 5.75 Å². The van der Waals surface area contributed by atoms with E-state index in [1.807, 2.05) is 0 Å². The van der Waals surface area contributed by atoms with Crippen molar-refractivity contribution in [2.75, 3.05) is 0 Å². The SMILES string of the molecule is O=[N+]([O-])c1c(Oc2ccccc2)ccc(S(=O)(=O)Cl)c1Cl. The Hall–Kier alpha value is -1.83. The fraction of sp³-hybridized carbons (Fsp3) is 0. The minimum atomic E-state index is -4.20. The average molecular weight is 348 g/mol. The van der Waals surface area contributed by atoms with Gasteiger partial charge in [0.15, 0.2) is 0 Å². The summed E-state index contributed by atoms with van der Waals surface area (Å²) in [5.41, 5.74) is -0.665. The molecule has 0 aromatic heterocycles. The van der Waals surface area contributed by atoms with E-state index in [1.54, 1.807) is 30.3 Å². The number of rotatable bonds is 4. The molecule has 0 spiro atoms. The summed E-state index contributed by atoms with van der Waals surface area (Å²) in [5, 5.41) is 10.5. The van der Waals surface area contributed by atoms with Crippen molar-refractivity contribution in [3.8, 4) is 11.5 Å². The molecular formula is C12H7Cl2NO5S. The summed E-state index contributed by atoms with van der Waals surface area (Å²) in [5.74, 6) is 0.165. The number of nitro groups is 1. The van der Waals surface area contributed by atoms with Gasteiger partial charge in [-0.05, 0) is 24.3 Å². The van der Waals surface area contributed by atoms with Gasteiger partial charge in [0, 0.05) is 10.7 Å². The Morgan fingerprint density at radius 3 is 2.24 bits per heavy atom. The van der Waals surface area contributed by atoms with E-state index in [9.17, 15) is 18.5 Å². The summed E-state index contributed by atoms with van der Waals surface area (Å²) >= 11 is 5.77. The van der Waals surface area contributed by atoms with Crippen LogP contribution in [0.1, 0.15) is 0 Å². The molecule has 0 aliphatic rings. The maximum Gasteiger partial charge on any atom is 0.331 e. The lowest BCUT2D eigenvalue weighted by atomic mass is 10.3. The van der Waals surface area contributed by atoms with E-state index in [1.165, 1.54) is 0 Å². The molecule has 0 aliphatic heterocycles. The van der Waals surface area contributed by atoms with E-state index in [2.05, 4.69) is 0 Å². The lowest BCUT2D eigenvalue weighted by Crippen LogP contribution is -1.99. The van der Waals surface area contributed by atoms with Crippen molar-refractivity contribution in [3.63, 3.8) is 0 Å². The summed E-state index contributed by atoms with van der Waals surface area (Å²) in [6.45, 7) is 0. The fourth-order valence-electron chi connectivity index (χ4n) is 1.58. The van der Waals surface area contributed by atoms with Crippen LogP contribution in [0.3, 0.4) is 0 Å². The Balaban J connectivity index is 2.58. The second-order valence-corrected chi connectivity index (χ2v) is 6.75. The van der Waals surface area contributed by atoms with Crippen molar-refractivity contribution in [1.82, 2.24) is 0 Å². The second kappa shape index (κ2) is 5.88. The maximum absolute atomic E-state index is 11.3. The Labute approximate surface area is 129 Å². The first-order valence-corrected chi connectivity index (χ1v) is 8.14. The van der Waals surface area contributed by atoms with Crippen LogP contribution < -0.4 is 4.74 Å². The van der Waals surface area contributed by atoms with Gasteiger partial charge >= 0.3 is 5.69 Å². The van der Waals surface area contributed by atoms with Gasteiger partial charge in [-0.25, -0.2) is 8.42 Å². The van der Waals surface area contributed by atoms with Crippen molar-refractivity contribution < 1.29 is 18.1 Å². The highest BCUT2D eigenvalue weighted by Gasteiger charge is 2.28. The van der Waals surface area contributed by atoms with Crippen LogP contribution in [0.5, 0.6) is 11.5 Å². The summed E-state index contributed by atoms with van der Waals surface area (Å²) in [7, 11) is 0.979. The van der Waals surface area contributed by atoms with Crippen LogP contribution in [-0.4, -0.2) is 13.3 Å². The molecule has 0 aliphatic carbocycles. The first-order chi connectivity index (χ1) is 9.80. The van der Waals surface area contributed by atoms with E-state index in [-0.39, 0.29) is 5.75 Å². The molecule has 0 amide bonds. The summed E-state index contributed by atoms with van der Waals surface area (Å²) in [4.78, 5) is 9.74. The number of halogens is 2. The van der Waals surface area contributed by atoms with Crippen molar-refractivity contribution in [1.29, 1.82) is 0 Å². The molecule has 0 radical (unpaired) electrons. The van der Waals surface area contributed by atoms with E-state index in [4.69, 9.17) is 27.0 Å². The van der Waals surface area contributed by atoms with Crippen molar-refractivity contribution in [2.45, 2.75) is 4.90 Å². The van der Waals surface area contributed by atoms with E-state index in [0.717, 1.165) is 12.1 Å².